The van der Waals surface area contributed by atoms with Crippen molar-refractivity contribution in [3.05, 3.63) is 70.7 Å². The molecule has 0 amide bonds. The highest BCUT2D eigenvalue weighted by atomic mass is 16.2. The van der Waals surface area contributed by atoms with Crippen molar-refractivity contribution in [1.29, 1.82) is 0 Å². The molecule has 32 heavy (non-hydrogen) atoms. The lowest BCUT2D eigenvalue weighted by Crippen LogP contribution is -2.30. The van der Waals surface area contributed by atoms with E-state index in [2.05, 4.69) is 77.5 Å². The Bertz CT molecular complexity index is 1290. The maximum Gasteiger partial charge on any atom is 0.229 e. The number of aliphatic hydroxyl groups excluding tert-OH is 1. The van der Waals surface area contributed by atoms with Gasteiger partial charge in [0.25, 0.3) is 0 Å². The Kier molecular flexibility index (Phi) is 5.22. The Morgan fingerprint density at radius 3 is 2.38 bits per heavy atom. The van der Waals surface area contributed by atoms with Crippen LogP contribution in [0.3, 0.4) is 0 Å². The summed E-state index contributed by atoms with van der Waals surface area (Å²) in [4.78, 5) is 11.6. The van der Waals surface area contributed by atoms with Crippen LogP contribution in [0, 0.1) is 20.8 Å². The first-order chi connectivity index (χ1) is 15.5. The lowest BCUT2D eigenvalue weighted by Gasteiger charge is -2.33. The van der Waals surface area contributed by atoms with Crippen LogP contribution in [0.5, 0.6) is 0 Å². The van der Waals surface area contributed by atoms with Crippen LogP contribution in [0.1, 0.15) is 34.9 Å². The number of nitrogens with zero attached hydrogens (tertiary/aromatic N) is 4. The minimum atomic E-state index is 0.110. The number of aliphatic hydroxyl groups is 1. The minimum absolute atomic E-state index is 0.110. The lowest BCUT2D eigenvalue weighted by atomic mass is 9.89. The highest BCUT2D eigenvalue weighted by Crippen LogP contribution is 2.46. The third kappa shape index (κ3) is 3.19. The zero-order valence-electron chi connectivity index (χ0n) is 19.3. The first kappa shape index (κ1) is 20.7. The molecule has 0 fully saturated rings. The molecule has 2 aromatic carbocycles. The van der Waals surface area contributed by atoms with Crippen LogP contribution in [-0.2, 0) is 19.4 Å². The zero-order valence-corrected chi connectivity index (χ0v) is 19.3. The molecule has 1 aliphatic rings. The number of anilines is 2. The van der Waals surface area contributed by atoms with E-state index in [4.69, 9.17) is 0 Å². The highest BCUT2D eigenvalue weighted by molar-refractivity contribution is 6.07. The molecule has 2 aromatic heterocycles. The van der Waals surface area contributed by atoms with E-state index in [0.717, 1.165) is 31.0 Å². The van der Waals surface area contributed by atoms with Gasteiger partial charge in [0.05, 0.1) is 11.2 Å². The van der Waals surface area contributed by atoms with E-state index in [1.807, 2.05) is 12.4 Å². The average Bonchev–Trinajstić information content (AvgIpc) is 3.14. The van der Waals surface area contributed by atoms with Gasteiger partial charge in [0.2, 0.25) is 5.95 Å². The molecule has 1 N–H and O–H groups in total. The average molecular weight is 427 g/mol. The molecule has 1 aliphatic heterocycles. The summed E-state index contributed by atoms with van der Waals surface area (Å²) in [6.07, 6.45) is 5.22. The molecule has 164 valence electrons. The summed E-state index contributed by atoms with van der Waals surface area (Å²) in [5.74, 6) is 0.728. The van der Waals surface area contributed by atoms with Gasteiger partial charge in [-0.25, -0.2) is 9.97 Å². The smallest absolute Gasteiger partial charge is 0.229 e. The molecule has 0 saturated heterocycles. The molecular weight excluding hydrogens is 396 g/mol. The number of aryl methyl sites for hydroxylation is 2. The molecule has 5 heteroatoms. The van der Waals surface area contributed by atoms with Crippen molar-refractivity contribution in [2.75, 3.05) is 18.1 Å². The SMILES string of the molecule is CCc1c(C)c2c3c(cc(C)n3CCN2c2ncc(CCO)cn2)c1-c1ccc(C)cc1. The van der Waals surface area contributed by atoms with Crippen molar-refractivity contribution < 1.29 is 5.11 Å². The summed E-state index contributed by atoms with van der Waals surface area (Å²) >= 11 is 0. The van der Waals surface area contributed by atoms with Crippen LogP contribution in [0.4, 0.5) is 11.6 Å². The molecule has 0 spiro atoms. The minimum Gasteiger partial charge on any atom is -0.396 e. The fourth-order valence-corrected chi connectivity index (χ4v) is 5.16. The van der Waals surface area contributed by atoms with E-state index in [-0.39, 0.29) is 6.61 Å². The van der Waals surface area contributed by atoms with Gasteiger partial charge < -0.3 is 14.6 Å². The molecule has 0 bridgehead atoms. The van der Waals surface area contributed by atoms with Gasteiger partial charge in [0.15, 0.2) is 0 Å². The highest BCUT2D eigenvalue weighted by Gasteiger charge is 2.29. The van der Waals surface area contributed by atoms with E-state index in [1.54, 1.807) is 0 Å². The van der Waals surface area contributed by atoms with Crippen LogP contribution in [-0.4, -0.2) is 32.8 Å². The van der Waals surface area contributed by atoms with Gasteiger partial charge in [-0.1, -0.05) is 36.8 Å². The van der Waals surface area contributed by atoms with Crippen molar-refractivity contribution in [3.63, 3.8) is 0 Å². The summed E-state index contributed by atoms with van der Waals surface area (Å²) < 4.78 is 2.45. The van der Waals surface area contributed by atoms with Gasteiger partial charge in [0.1, 0.15) is 0 Å². The molecule has 0 radical (unpaired) electrons. The van der Waals surface area contributed by atoms with Gasteiger partial charge in [-0.2, -0.15) is 0 Å². The number of hydrogen-bond donors (Lipinski definition) is 1. The maximum absolute atomic E-state index is 9.21. The van der Waals surface area contributed by atoms with E-state index in [9.17, 15) is 5.11 Å². The van der Waals surface area contributed by atoms with Crippen LogP contribution >= 0.6 is 0 Å². The quantitative estimate of drug-likeness (QED) is 0.472. The molecule has 3 heterocycles. The van der Waals surface area contributed by atoms with E-state index < -0.39 is 0 Å². The standard InChI is InChI=1S/C27H30N4O/c1-5-22-19(4)25-26-23(24(22)21-8-6-17(2)7-9-21)14-18(3)30(26)11-12-31(25)27-28-15-20(10-13-32)16-29-27/h6-9,14-16,32H,5,10-13H2,1-4H3. The first-order valence-electron chi connectivity index (χ1n) is 11.4. The Hall–Kier alpha value is -3.18. The lowest BCUT2D eigenvalue weighted by molar-refractivity contribution is 0.299. The normalized spacial score (nSPS) is 13.2. The first-order valence-corrected chi connectivity index (χ1v) is 11.4. The number of aromatic nitrogens is 3. The van der Waals surface area contributed by atoms with E-state index in [1.165, 1.54) is 50.1 Å². The fourth-order valence-electron chi connectivity index (χ4n) is 5.16. The summed E-state index contributed by atoms with van der Waals surface area (Å²) in [5.41, 5.74) is 11.4. The van der Waals surface area contributed by atoms with E-state index in [0.29, 0.717) is 6.42 Å². The fraction of sp³-hybridized carbons (Fsp3) is 0.333. The van der Waals surface area contributed by atoms with Crippen LogP contribution in [0.2, 0.25) is 0 Å². The molecule has 5 nitrogen and oxygen atoms in total. The molecule has 0 atom stereocenters. The van der Waals surface area contributed by atoms with Crippen molar-refractivity contribution in [3.8, 4) is 11.1 Å². The summed E-state index contributed by atoms with van der Waals surface area (Å²) in [7, 11) is 0. The zero-order chi connectivity index (χ0) is 22.4. The Morgan fingerprint density at radius 2 is 1.72 bits per heavy atom. The second-order valence-corrected chi connectivity index (χ2v) is 8.76. The maximum atomic E-state index is 9.21. The molecular formula is C27H30N4O. The van der Waals surface area contributed by atoms with Gasteiger partial charge >= 0.3 is 0 Å². The molecule has 4 aromatic rings. The Labute approximate surface area is 189 Å². The predicted molar refractivity (Wildman–Crippen MR) is 131 cm³/mol. The van der Waals surface area contributed by atoms with Gasteiger partial charge in [-0.15, -0.1) is 0 Å². The number of benzene rings is 2. The van der Waals surface area contributed by atoms with Crippen LogP contribution in [0.15, 0.2) is 42.7 Å². The van der Waals surface area contributed by atoms with Gasteiger partial charge in [0, 0.05) is 43.2 Å². The second-order valence-electron chi connectivity index (χ2n) is 8.76. The second kappa shape index (κ2) is 8.06. The van der Waals surface area contributed by atoms with Crippen LogP contribution in [0.25, 0.3) is 22.0 Å². The predicted octanol–water partition coefficient (Wildman–Crippen LogP) is 5.27. The molecule has 0 saturated carbocycles. The van der Waals surface area contributed by atoms with Crippen molar-refractivity contribution in [2.45, 2.75) is 47.1 Å². The Balaban J connectivity index is 1.76. The monoisotopic (exact) mass is 426 g/mol. The van der Waals surface area contributed by atoms with Crippen molar-refractivity contribution >= 4 is 22.5 Å². The number of rotatable bonds is 5. The molecule has 5 rings (SSSR count). The van der Waals surface area contributed by atoms with Gasteiger partial charge in [-0.3, -0.25) is 0 Å². The Morgan fingerprint density at radius 1 is 1.00 bits per heavy atom. The largest absolute Gasteiger partial charge is 0.396 e. The molecule has 0 aliphatic carbocycles. The topological polar surface area (TPSA) is 54.2 Å². The molecule has 0 unspecified atom stereocenters. The third-order valence-corrected chi connectivity index (χ3v) is 6.75. The van der Waals surface area contributed by atoms with Gasteiger partial charge in [-0.05, 0) is 67.5 Å². The van der Waals surface area contributed by atoms with Crippen LogP contribution < -0.4 is 4.90 Å². The van der Waals surface area contributed by atoms with Crippen molar-refractivity contribution in [1.82, 2.24) is 14.5 Å². The number of hydrogen-bond acceptors (Lipinski definition) is 4. The summed E-state index contributed by atoms with van der Waals surface area (Å²) in [6.45, 7) is 10.7. The van der Waals surface area contributed by atoms with E-state index >= 15 is 0 Å². The summed E-state index contributed by atoms with van der Waals surface area (Å²) in [5, 5.41) is 10.5. The third-order valence-electron chi connectivity index (χ3n) is 6.75. The summed E-state index contributed by atoms with van der Waals surface area (Å²) in [6, 6.07) is 11.3. The van der Waals surface area contributed by atoms with Crippen molar-refractivity contribution in [2.24, 2.45) is 0 Å².